The van der Waals surface area contributed by atoms with Gasteiger partial charge in [-0.3, -0.25) is 9.69 Å². The number of ether oxygens (including phenoxy) is 1. The third kappa shape index (κ3) is 3.22. The molecule has 4 nitrogen and oxygen atoms in total. The molecule has 0 unspecified atom stereocenters. The minimum Gasteiger partial charge on any atom is -0.379 e. The largest absolute Gasteiger partial charge is 0.379 e. The minimum atomic E-state index is 0.139. The highest BCUT2D eigenvalue weighted by atomic mass is 32.1. The van der Waals surface area contributed by atoms with Crippen LogP contribution >= 0.6 is 11.3 Å². The fourth-order valence-electron chi connectivity index (χ4n) is 2.82. The van der Waals surface area contributed by atoms with E-state index in [0.29, 0.717) is 0 Å². The lowest BCUT2D eigenvalue weighted by molar-refractivity contribution is -0.123. The van der Waals surface area contributed by atoms with Gasteiger partial charge in [0, 0.05) is 29.9 Å². The second kappa shape index (κ2) is 6.24. The maximum absolute atomic E-state index is 12.0. The molecule has 2 atom stereocenters. The molecule has 2 fully saturated rings. The summed E-state index contributed by atoms with van der Waals surface area (Å²) in [6.45, 7) is 5.56. The first-order valence-corrected chi connectivity index (χ1v) is 8.29. The van der Waals surface area contributed by atoms with Gasteiger partial charge in [-0.2, -0.15) is 0 Å². The van der Waals surface area contributed by atoms with Crippen molar-refractivity contribution in [2.45, 2.75) is 31.8 Å². The molecule has 2 heterocycles. The van der Waals surface area contributed by atoms with Crippen LogP contribution in [0.5, 0.6) is 0 Å². The minimum absolute atomic E-state index is 0.139. The van der Waals surface area contributed by atoms with Crippen molar-refractivity contribution in [1.29, 1.82) is 0 Å². The Morgan fingerprint density at radius 1 is 1.45 bits per heavy atom. The van der Waals surface area contributed by atoms with Crippen LogP contribution in [-0.4, -0.2) is 43.2 Å². The maximum atomic E-state index is 12.0. The number of thiophene rings is 1. The number of nitrogens with one attached hydrogen (secondary N) is 1. The topological polar surface area (TPSA) is 41.6 Å². The second-order valence-electron chi connectivity index (χ2n) is 5.68. The van der Waals surface area contributed by atoms with Gasteiger partial charge in [0.15, 0.2) is 0 Å². The Hall–Kier alpha value is -0.910. The van der Waals surface area contributed by atoms with Gasteiger partial charge in [0.2, 0.25) is 5.91 Å². The summed E-state index contributed by atoms with van der Waals surface area (Å²) in [5.41, 5.74) is 0. The Kier molecular flexibility index (Phi) is 4.38. The highest BCUT2D eigenvalue weighted by molar-refractivity contribution is 7.10. The van der Waals surface area contributed by atoms with Crippen LogP contribution < -0.4 is 5.32 Å². The van der Waals surface area contributed by atoms with Crippen LogP contribution in [0.4, 0.5) is 0 Å². The Balaban J connectivity index is 1.71. The van der Waals surface area contributed by atoms with Crippen LogP contribution in [0.1, 0.15) is 30.7 Å². The number of nitrogens with zero attached hydrogens (tertiary/aromatic N) is 1. The molecule has 1 aromatic rings. The van der Waals surface area contributed by atoms with Crippen molar-refractivity contribution in [2.75, 3.05) is 26.3 Å². The zero-order chi connectivity index (χ0) is 13.9. The number of hydrogen-bond donors (Lipinski definition) is 1. The van der Waals surface area contributed by atoms with Crippen molar-refractivity contribution in [3.63, 3.8) is 0 Å². The Bertz CT molecular complexity index is 439. The van der Waals surface area contributed by atoms with Crippen LogP contribution in [0.25, 0.3) is 0 Å². The summed E-state index contributed by atoms with van der Waals surface area (Å²) in [4.78, 5) is 15.8. The fraction of sp³-hybridized carbons (Fsp3) is 0.667. The van der Waals surface area contributed by atoms with Crippen LogP contribution in [0.2, 0.25) is 0 Å². The molecule has 1 amide bonds. The van der Waals surface area contributed by atoms with Gasteiger partial charge in [0.05, 0.1) is 19.3 Å². The molecule has 5 heteroatoms. The number of carbonyl (C=O) groups is 1. The fourth-order valence-corrected chi connectivity index (χ4v) is 3.79. The van der Waals surface area contributed by atoms with Gasteiger partial charge < -0.3 is 10.1 Å². The highest BCUT2D eigenvalue weighted by Crippen LogP contribution is 2.32. The SMILES string of the molecule is C[C@H](NC(=O)C1CC1)[C@@H](c1cccs1)N1CCOCC1. The van der Waals surface area contributed by atoms with E-state index in [0.717, 1.165) is 39.1 Å². The highest BCUT2D eigenvalue weighted by Gasteiger charge is 2.34. The molecule has 1 saturated heterocycles. The maximum Gasteiger partial charge on any atom is 0.223 e. The first-order chi connectivity index (χ1) is 9.75. The number of amides is 1. The summed E-state index contributed by atoms with van der Waals surface area (Å²) in [6, 6.07) is 4.66. The standard InChI is InChI=1S/C15H22N2O2S/c1-11(16-15(18)12-4-5-12)14(13-3-2-10-20-13)17-6-8-19-9-7-17/h2-3,10-12,14H,4-9H2,1H3,(H,16,18)/t11-,14-/m0/s1. The van der Waals surface area contributed by atoms with Gasteiger partial charge in [-0.25, -0.2) is 0 Å². The number of hydrogen-bond acceptors (Lipinski definition) is 4. The summed E-state index contributed by atoms with van der Waals surface area (Å²) in [5.74, 6) is 0.499. The van der Waals surface area contributed by atoms with E-state index in [-0.39, 0.29) is 23.9 Å². The molecule has 1 saturated carbocycles. The lowest BCUT2D eigenvalue weighted by Crippen LogP contribution is -2.48. The molecule has 0 radical (unpaired) electrons. The van der Waals surface area contributed by atoms with E-state index in [1.807, 2.05) is 0 Å². The molecule has 1 N–H and O–H groups in total. The third-order valence-electron chi connectivity index (χ3n) is 4.07. The molecule has 0 spiro atoms. The number of carbonyl (C=O) groups excluding carboxylic acids is 1. The van der Waals surface area contributed by atoms with E-state index in [1.165, 1.54) is 4.88 Å². The number of morpholine rings is 1. The molecule has 0 aromatic carbocycles. The molecular weight excluding hydrogens is 272 g/mol. The molecular formula is C15H22N2O2S. The first kappa shape index (κ1) is 14.0. The first-order valence-electron chi connectivity index (χ1n) is 7.41. The van der Waals surface area contributed by atoms with Crippen LogP contribution in [0.15, 0.2) is 17.5 Å². The zero-order valence-electron chi connectivity index (χ0n) is 11.9. The molecule has 1 aliphatic heterocycles. The Morgan fingerprint density at radius 3 is 2.80 bits per heavy atom. The molecule has 1 aliphatic carbocycles. The van der Waals surface area contributed by atoms with Gasteiger partial charge in [-0.15, -0.1) is 11.3 Å². The van der Waals surface area contributed by atoms with Crippen molar-refractivity contribution in [3.8, 4) is 0 Å². The molecule has 3 rings (SSSR count). The van der Waals surface area contributed by atoms with Crippen molar-refractivity contribution < 1.29 is 9.53 Å². The van der Waals surface area contributed by atoms with Crippen molar-refractivity contribution in [1.82, 2.24) is 10.2 Å². The Morgan fingerprint density at radius 2 is 2.20 bits per heavy atom. The average molecular weight is 294 g/mol. The van der Waals surface area contributed by atoms with E-state index in [4.69, 9.17) is 4.74 Å². The summed E-state index contributed by atoms with van der Waals surface area (Å²) >= 11 is 1.77. The van der Waals surface area contributed by atoms with Gasteiger partial charge in [0.25, 0.3) is 0 Å². The van der Waals surface area contributed by atoms with Crippen molar-refractivity contribution in [3.05, 3.63) is 22.4 Å². The molecule has 110 valence electrons. The monoisotopic (exact) mass is 294 g/mol. The van der Waals surface area contributed by atoms with Crippen LogP contribution in [-0.2, 0) is 9.53 Å². The van der Waals surface area contributed by atoms with Gasteiger partial charge in [-0.05, 0) is 31.2 Å². The van der Waals surface area contributed by atoms with E-state index in [2.05, 4.69) is 34.7 Å². The Labute approximate surface area is 124 Å². The smallest absolute Gasteiger partial charge is 0.223 e. The molecule has 2 aliphatic rings. The quantitative estimate of drug-likeness (QED) is 0.903. The summed E-state index contributed by atoms with van der Waals surface area (Å²) < 4.78 is 5.45. The number of rotatable bonds is 5. The lowest BCUT2D eigenvalue weighted by atomic mass is 10.1. The van der Waals surface area contributed by atoms with Gasteiger partial charge >= 0.3 is 0 Å². The van der Waals surface area contributed by atoms with Gasteiger partial charge in [-0.1, -0.05) is 6.07 Å². The summed E-state index contributed by atoms with van der Waals surface area (Å²) in [6.07, 6.45) is 2.11. The van der Waals surface area contributed by atoms with Crippen molar-refractivity contribution >= 4 is 17.2 Å². The normalized spacial score (nSPS) is 23.2. The molecule has 1 aromatic heterocycles. The van der Waals surface area contributed by atoms with E-state index >= 15 is 0 Å². The average Bonchev–Trinajstić information content (AvgIpc) is 3.18. The van der Waals surface area contributed by atoms with E-state index in [1.54, 1.807) is 11.3 Å². The predicted molar refractivity (Wildman–Crippen MR) is 79.8 cm³/mol. The van der Waals surface area contributed by atoms with Crippen LogP contribution in [0.3, 0.4) is 0 Å². The predicted octanol–water partition coefficient (Wildman–Crippen LogP) is 2.04. The van der Waals surface area contributed by atoms with E-state index in [9.17, 15) is 4.79 Å². The van der Waals surface area contributed by atoms with Gasteiger partial charge in [0.1, 0.15) is 0 Å². The molecule has 20 heavy (non-hydrogen) atoms. The summed E-state index contributed by atoms with van der Waals surface area (Å²) in [7, 11) is 0. The van der Waals surface area contributed by atoms with Crippen molar-refractivity contribution in [2.24, 2.45) is 5.92 Å². The second-order valence-corrected chi connectivity index (χ2v) is 6.66. The third-order valence-corrected chi connectivity index (χ3v) is 5.01. The molecule has 0 bridgehead atoms. The zero-order valence-corrected chi connectivity index (χ0v) is 12.7. The summed E-state index contributed by atoms with van der Waals surface area (Å²) in [5, 5.41) is 5.32. The lowest BCUT2D eigenvalue weighted by Gasteiger charge is -2.37. The van der Waals surface area contributed by atoms with E-state index < -0.39 is 0 Å². The van der Waals surface area contributed by atoms with Crippen LogP contribution in [0, 0.1) is 5.92 Å².